The highest BCUT2D eigenvalue weighted by atomic mass is 16.3. The Hall–Kier alpha value is -3.26. The van der Waals surface area contributed by atoms with E-state index >= 15 is 0 Å². The van der Waals surface area contributed by atoms with Crippen molar-refractivity contribution in [1.82, 2.24) is 15.3 Å². The van der Waals surface area contributed by atoms with Crippen LogP contribution in [0, 0.1) is 0 Å². The molecule has 0 unspecified atom stereocenters. The minimum atomic E-state index is -0.874. The molecule has 1 aromatic rings. The Balaban J connectivity index is 2.81. The summed E-state index contributed by atoms with van der Waals surface area (Å²) in [6, 6.07) is 0. The molecule has 108 valence electrons. The summed E-state index contributed by atoms with van der Waals surface area (Å²) in [5.41, 5.74) is 7.84. The third-order valence-corrected chi connectivity index (χ3v) is 2.04. The molecule has 0 spiro atoms. The lowest BCUT2D eigenvalue weighted by molar-refractivity contribution is -0.127. The summed E-state index contributed by atoms with van der Waals surface area (Å²) >= 11 is 0. The molecule has 2 N–H and O–H groups in total. The van der Waals surface area contributed by atoms with Crippen LogP contribution in [0.2, 0.25) is 0 Å². The van der Waals surface area contributed by atoms with Crippen LogP contribution in [0.1, 0.15) is 6.92 Å². The second-order valence-electron chi connectivity index (χ2n) is 3.59. The quantitative estimate of drug-likeness (QED) is 0.206. The Labute approximate surface area is 118 Å². The first-order chi connectivity index (χ1) is 10.0. The number of imide groups is 1. The molecule has 0 aromatic carbocycles. The molecule has 0 aliphatic rings. The molecule has 1 rings (SSSR count). The highest BCUT2D eigenvalue weighted by Gasteiger charge is 2.14. The molecule has 0 radical (unpaired) electrons. The number of aliphatic imine (C=N–C) groups is 1. The van der Waals surface area contributed by atoms with Gasteiger partial charge in [-0.25, -0.2) is 9.98 Å². The third kappa shape index (κ3) is 5.49. The summed E-state index contributed by atoms with van der Waals surface area (Å²) in [6.45, 7) is 0.733. The molecule has 10 nitrogen and oxygen atoms in total. The summed E-state index contributed by atoms with van der Waals surface area (Å²) in [4.78, 5) is 36.9. The van der Waals surface area contributed by atoms with Crippen molar-refractivity contribution in [1.29, 1.82) is 0 Å². The Morgan fingerprint density at radius 1 is 1.52 bits per heavy atom. The maximum absolute atomic E-state index is 11.8. The zero-order valence-corrected chi connectivity index (χ0v) is 11.0. The van der Waals surface area contributed by atoms with Crippen molar-refractivity contribution in [3.8, 4) is 0 Å². The van der Waals surface area contributed by atoms with E-state index in [0.717, 1.165) is 6.21 Å². The van der Waals surface area contributed by atoms with Crippen LogP contribution in [0.15, 0.2) is 40.0 Å². The monoisotopic (exact) mass is 289 g/mol. The molecule has 0 saturated heterocycles. The second kappa shape index (κ2) is 8.02. The van der Waals surface area contributed by atoms with Gasteiger partial charge in [0.2, 0.25) is 5.91 Å². The minimum Gasteiger partial charge on any atom is -0.512 e. The van der Waals surface area contributed by atoms with Gasteiger partial charge in [-0.3, -0.25) is 19.9 Å². The van der Waals surface area contributed by atoms with Crippen LogP contribution >= 0.6 is 0 Å². The molecule has 0 bridgehead atoms. The zero-order valence-electron chi connectivity index (χ0n) is 11.0. The normalized spacial score (nSPS) is 11.5. The van der Waals surface area contributed by atoms with Crippen LogP contribution in [0.3, 0.4) is 0 Å². The van der Waals surface area contributed by atoms with Crippen LogP contribution in [-0.2, 0) is 9.59 Å². The van der Waals surface area contributed by atoms with E-state index in [1.165, 1.54) is 25.5 Å². The lowest BCUT2D eigenvalue weighted by Crippen LogP contribution is -2.34. The van der Waals surface area contributed by atoms with Gasteiger partial charge in [-0.1, -0.05) is 5.11 Å². The molecule has 1 heterocycles. The van der Waals surface area contributed by atoms with E-state index in [-0.39, 0.29) is 17.2 Å². The van der Waals surface area contributed by atoms with Gasteiger partial charge in [0.15, 0.2) is 5.82 Å². The van der Waals surface area contributed by atoms with E-state index in [4.69, 9.17) is 5.53 Å². The van der Waals surface area contributed by atoms with Crippen molar-refractivity contribution in [2.24, 2.45) is 10.1 Å². The number of nitrogens with one attached hydrogen (secondary N) is 1. The summed E-state index contributed by atoms with van der Waals surface area (Å²) in [7, 11) is 0. The van der Waals surface area contributed by atoms with Crippen molar-refractivity contribution < 1.29 is 14.7 Å². The van der Waals surface area contributed by atoms with E-state index < -0.39 is 18.4 Å². The predicted octanol–water partition coefficient (Wildman–Crippen LogP) is 0.964. The molecule has 0 saturated carbocycles. The van der Waals surface area contributed by atoms with Gasteiger partial charge in [-0.05, 0) is 12.5 Å². The molecule has 1 aromatic heterocycles. The van der Waals surface area contributed by atoms with Gasteiger partial charge >= 0.3 is 0 Å². The van der Waals surface area contributed by atoms with Gasteiger partial charge in [0.1, 0.15) is 12.3 Å². The molecule has 0 aliphatic heterocycles. The molecule has 10 heteroatoms. The average molecular weight is 289 g/mol. The number of carbonyl (C=O) groups excluding carboxylic acids is 2. The van der Waals surface area contributed by atoms with Gasteiger partial charge in [-0.2, -0.15) is 0 Å². The topological polar surface area (TPSA) is 153 Å². The van der Waals surface area contributed by atoms with Crippen molar-refractivity contribution >= 4 is 23.8 Å². The Morgan fingerprint density at radius 2 is 2.29 bits per heavy atom. The summed E-state index contributed by atoms with van der Waals surface area (Å²) in [5, 5.41) is 14.4. The standard InChI is InChI=1S/C11H11N7O3/c1-7(19)8(4-15-9-5-13-2-3-14-9)11(21)17-10(20)6-16-18-12/h2-5,19H,6H2,1H3,(H,17,20,21)/b8-7+,15-4?. The van der Waals surface area contributed by atoms with Gasteiger partial charge in [-0.15, -0.1) is 0 Å². The predicted molar refractivity (Wildman–Crippen MR) is 72.7 cm³/mol. The fraction of sp³-hybridized carbons (Fsp3) is 0.182. The molecule has 2 amide bonds. The van der Waals surface area contributed by atoms with Crippen LogP contribution < -0.4 is 5.32 Å². The number of azide groups is 1. The molecule has 0 atom stereocenters. The number of aromatic nitrogens is 2. The van der Waals surface area contributed by atoms with E-state index in [2.05, 4.69) is 25.0 Å². The number of allylic oxidation sites excluding steroid dienone is 1. The third-order valence-electron chi connectivity index (χ3n) is 2.04. The van der Waals surface area contributed by atoms with Crippen LogP contribution in [0.5, 0.6) is 0 Å². The fourth-order valence-electron chi connectivity index (χ4n) is 1.13. The maximum Gasteiger partial charge on any atom is 0.262 e. The van der Waals surface area contributed by atoms with Crippen LogP contribution in [0.25, 0.3) is 10.4 Å². The Morgan fingerprint density at radius 3 is 2.86 bits per heavy atom. The Bertz CT molecular complexity index is 628. The summed E-state index contributed by atoms with van der Waals surface area (Å²) in [6.07, 6.45) is 5.26. The number of nitrogens with zero attached hydrogens (tertiary/aromatic N) is 6. The molecule has 0 aliphatic carbocycles. The molecule has 21 heavy (non-hydrogen) atoms. The fourth-order valence-corrected chi connectivity index (χ4v) is 1.13. The first-order valence-corrected chi connectivity index (χ1v) is 5.59. The van der Waals surface area contributed by atoms with E-state index in [1.54, 1.807) is 0 Å². The number of hydrogen-bond acceptors (Lipinski definition) is 7. The van der Waals surface area contributed by atoms with E-state index in [0.29, 0.717) is 0 Å². The maximum atomic E-state index is 11.8. The van der Waals surface area contributed by atoms with Crippen molar-refractivity contribution in [2.45, 2.75) is 6.92 Å². The van der Waals surface area contributed by atoms with E-state index in [1.807, 2.05) is 5.32 Å². The van der Waals surface area contributed by atoms with Crippen molar-refractivity contribution in [2.75, 3.05) is 6.54 Å². The van der Waals surface area contributed by atoms with Gasteiger partial charge < -0.3 is 5.11 Å². The van der Waals surface area contributed by atoms with Gasteiger partial charge in [0, 0.05) is 23.5 Å². The smallest absolute Gasteiger partial charge is 0.262 e. The number of carbonyl (C=O) groups is 2. The number of amides is 2. The highest BCUT2D eigenvalue weighted by Crippen LogP contribution is 2.05. The summed E-state index contributed by atoms with van der Waals surface area (Å²) < 4.78 is 0. The second-order valence-corrected chi connectivity index (χ2v) is 3.59. The number of hydrogen-bond donors (Lipinski definition) is 2. The van der Waals surface area contributed by atoms with Crippen LogP contribution in [0.4, 0.5) is 5.82 Å². The minimum absolute atomic E-state index is 0.226. The SMILES string of the molecule is C/C(O)=C(/C=Nc1cnccn1)C(=O)NC(=O)CN=[N+]=[N-]. The number of aliphatic hydroxyl groups is 1. The highest BCUT2D eigenvalue weighted by molar-refractivity contribution is 6.17. The lowest BCUT2D eigenvalue weighted by atomic mass is 10.2. The zero-order chi connectivity index (χ0) is 15.7. The largest absolute Gasteiger partial charge is 0.512 e. The Kier molecular flexibility index (Phi) is 6.03. The molecule has 0 fully saturated rings. The lowest BCUT2D eigenvalue weighted by Gasteiger charge is -2.03. The first-order valence-electron chi connectivity index (χ1n) is 5.59. The van der Waals surface area contributed by atoms with Gasteiger partial charge in [0.25, 0.3) is 5.91 Å². The molecular formula is C11H11N7O3. The summed E-state index contributed by atoms with van der Waals surface area (Å²) in [5.74, 6) is -1.79. The van der Waals surface area contributed by atoms with Crippen molar-refractivity contribution in [3.05, 3.63) is 40.4 Å². The average Bonchev–Trinajstić information content (AvgIpc) is 2.46. The molecular weight excluding hydrogens is 278 g/mol. The van der Waals surface area contributed by atoms with E-state index in [9.17, 15) is 14.7 Å². The first kappa shape index (κ1) is 15.8. The number of rotatable bonds is 5. The van der Waals surface area contributed by atoms with Crippen LogP contribution in [-0.4, -0.2) is 39.6 Å². The van der Waals surface area contributed by atoms with Gasteiger partial charge in [0.05, 0.1) is 11.8 Å². The van der Waals surface area contributed by atoms with Crippen molar-refractivity contribution in [3.63, 3.8) is 0 Å². The number of aliphatic hydroxyl groups excluding tert-OH is 1.